The maximum atomic E-state index is 6.01. The molecule has 21 heavy (non-hydrogen) atoms. The molecular weight excluding hydrogens is 282 g/mol. The molecule has 110 valence electrons. The second kappa shape index (κ2) is 4.85. The minimum absolute atomic E-state index is 0.00704. The van der Waals surface area contributed by atoms with Gasteiger partial charge in [-0.15, -0.1) is 5.11 Å². The number of fused-ring (bicyclic) bond motifs is 2. The van der Waals surface area contributed by atoms with Crippen molar-refractivity contribution in [2.24, 2.45) is 16.1 Å². The molecule has 3 aliphatic rings. The Morgan fingerprint density at radius 2 is 2.00 bits per heavy atom. The average molecular weight is 301 g/mol. The van der Waals surface area contributed by atoms with E-state index in [1.54, 1.807) is 0 Å². The fourth-order valence-electron chi connectivity index (χ4n) is 4.00. The van der Waals surface area contributed by atoms with Crippen LogP contribution in [0.25, 0.3) is 0 Å². The molecule has 0 N–H and O–H groups in total. The van der Waals surface area contributed by atoms with Gasteiger partial charge >= 0.3 is 0 Å². The van der Waals surface area contributed by atoms with Crippen LogP contribution in [0.4, 0.5) is 5.69 Å². The van der Waals surface area contributed by atoms with E-state index in [0.717, 1.165) is 12.8 Å². The summed E-state index contributed by atoms with van der Waals surface area (Å²) in [5, 5.41) is 9.28. The normalized spacial score (nSPS) is 34.2. The Balaban J connectivity index is 1.71. The molecule has 4 atom stereocenters. The molecule has 0 amide bonds. The zero-order chi connectivity index (χ0) is 14.6. The van der Waals surface area contributed by atoms with Crippen LogP contribution in [0.1, 0.15) is 30.4 Å². The van der Waals surface area contributed by atoms with Gasteiger partial charge in [0.25, 0.3) is 0 Å². The first-order valence-electron chi connectivity index (χ1n) is 7.61. The van der Waals surface area contributed by atoms with Crippen molar-refractivity contribution in [3.8, 4) is 0 Å². The van der Waals surface area contributed by atoms with E-state index in [9.17, 15) is 0 Å². The molecule has 3 aliphatic heterocycles. The lowest BCUT2D eigenvalue weighted by atomic mass is 9.86. The number of rotatable bonds is 2. The van der Waals surface area contributed by atoms with Crippen LogP contribution < -0.4 is 4.90 Å². The maximum Gasteiger partial charge on any atom is 0.222 e. The van der Waals surface area contributed by atoms with Crippen LogP contribution in [0.3, 0.4) is 0 Å². The Morgan fingerprint density at radius 3 is 2.62 bits per heavy atom. The van der Waals surface area contributed by atoms with Crippen LogP contribution in [0, 0.1) is 19.8 Å². The number of azo groups is 1. The van der Waals surface area contributed by atoms with Crippen molar-refractivity contribution in [3.05, 3.63) is 29.3 Å². The summed E-state index contributed by atoms with van der Waals surface area (Å²) in [5.74, 6) is 0.409. The molecule has 1 aromatic carbocycles. The first-order valence-corrected chi connectivity index (χ1v) is 8.01. The molecule has 2 saturated heterocycles. The first kappa shape index (κ1) is 13.3. The standard InChI is InChI=1S/C16H19N3OS/c1-9-4-3-5-10(2)14(9)19-15(17-18-16(19)21)12-8-11-6-7-13(12)20-11/h3-5,11-13,15H,6-8H2,1-2H3. The first-order chi connectivity index (χ1) is 10.1. The van der Waals surface area contributed by atoms with Gasteiger partial charge in [-0.25, -0.2) is 0 Å². The van der Waals surface area contributed by atoms with Gasteiger partial charge in [0.15, 0.2) is 6.17 Å². The lowest BCUT2D eigenvalue weighted by Gasteiger charge is -2.32. The highest BCUT2D eigenvalue weighted by molar-refractivity contribution is 7.80. The van der Waals surface area contributed by atoms with Gasteiger partial charge in [0.2, 0.25) is 5.11 Å². The fourth-order valence-corrected chi connectivity index (χ4v) is 4.25. The quantitative estimate of drug-likeness (QED) is 0.781. The van der Waals surface area contributed by atoms with Gasteiger partial charge in [0.1, 0.15) is 0 Å². The molecule has 0 aromatic heterocycles. The largest absolute Gasteiger partial charge is 0.375 e. The molecule has 0 saturated carbocycles. The van der Waals surface area contributed by atoms with Crippen molar-refractivity contribution in [2.75, 3.05) is 4.90 Å². The van der Waals surface area contributed by atoms with E-state index in [4.69, 9.17) is 17.0 Å². The number of nitrogens with zero attached hydrogens (tertiary/aromatic N) is 3. The van der Waals surface area contributed by atoms with E-state index < -0.39 is 0 Å². The Labute approximate surface area is 130 Å². The van der Waals surface area contributed by atoms with Crippen molar-refractivity contribution in [1.29, 1.82) is 0 Å². The topological polar surface area (TPSA) is 37.2 Å². The highest BCUT2D eigenvalue weighted by Gasteiger charge is 2.48. The molecule has 0 radical (unpaired) electrons. The van der Waals surface area contributed by atoms with Crippen LogP contribution in [-0.2, 0) is 4.74 Å². The summed E-state index contributed by atoms with van der Waals surface area (Å²) in [5.41, 5.74) is 3.61. The van der Waals surface area contributed by atoms with Gasteiger partial charge in [0.05, 0.1) is 17.9 Å². The fraction of sp³-hybridized carbons (Fsp3) is 0.562. The monoisotopic (exact) mass is 301 g/mol. The molecule has 4 nitrogen and oxygen atoms in total. The van der Waals surface area contributed by atoms with Crippen LogP contribution in [-0.4, -0.2) is 23.5 Å². The second-order valence-electron chi connectivity index (χ2n) is 6.30. The van der Waals surface area contributed by atoms with Gasteiger partial charge < -0.3 is 4.74 Å². The number of anilines is 1. The molecule has 4 unspecified atom stereocenters. The summed E-state index contributed by atoms with van der Waals surface area (Å²) in [6.07, 6.45) is 4.18. The molecular formula is C16H19N3OS. The predicted octanol–water partition coefficient (Wildman–Crippen LogP) is 3.75. The summed E-state index contributed by atoms with van der Waals surface area (Å²) >= 11 is 5.47. The van der Waals surface area contributed by atoms with Crippen molar-refractivity contribution in [2.45, 2.75) is 51.5 Å². The second-order valence-corrected chi connectivity index (χ2v) is 6.66. The van der Waals surface area contributed by atoms with Crippen LogP contribution in [0.2, 0.25) is 0 Å². The van der Waals surface area contributed by atoms with Crippen molar-refractivity contribution < 1.29 is 4.74 Å². The number of ether oxygens (including phenoxy) is 1. The Kier molecular flexibility index (Phi) is 3.08. The molecule has 1 aromatic rings. The van der Waals surface area contributed by atoms with E-state index in [1.165, 1.54) is 23.2 Å². The SMILES string of the molecule is Cc1cccc(C)c1N1C(=S)N=NC1C1CC2CCC1O2. The van der Waals surface area contributed by atoms with Gasteiger partial charge in [-0.3, -0.25) is 4.90 Å². The van der Waals surface area contributed by atoms with E-state index in [0.29, 0.717) is 23.2 Å². The van der Waals surface area contributed by atoms with E-state index in [2.05, 4.69) is 47.2 Å². The molecule has 3 heterocycles. The van der Waals surface area contributed by atoms with Crippen LogP contribution >= 0.6 is 12.2 Å². The van der Waals surface area contributed by atoms with Crippen LogP contribution in [0.15, 0.2) is 28.4 Å². The molecule has 5 heteroatoms. The molecule has 0 aliphatic carbocycles. The molecule has 0 spiro atoms. The summed E-state index contributed by atoms with van der Waals surface area (Å²) in [6, 6.07) is 6.33. The third-order valence-electron chi connectivity index (χ3n) is 4.95. The minimum Gasteiger partial charge on any atom is -0.375 e. The Bertz CT molecular complexity index is 610. The van der Waals surface area contributed by atoms with Gasteiger partial charge in [0, 0.05) is 5.92 Å². The number of aryl methyl sites for hydroxylation is 2. The highest BCUT2D eigenvalue weighted by atomic mass is 32.1. The Morgan fingerprint density at radius 1 is 1.24 bits per heavy atom. The summed E-state index contributed by atoms with van der Waals surface area (Å²) < 4.78 is 6.01. The lowest BCUT2D eigenvalue weighted by Crippen LogP contribution is -2.42. The predicted molar refractivity (Wildman–Crippen MR) is 85.6 cm³/mol. The minimum atomic E-state index is 0.00704. The summed E-state index contributed by atoms with van der Waals surface area (Å²) in [7, 11) is 0. The van der Waals surface area contributed by atoms with Crippen molar-refractivity contribution >= 4 is 23.0 Å². The van der Waals surface area contributed by atoms with Crippen molar-refractivity contribution in [3.63, 3.8) is 0 Å². The van der Waals surface area contributed by atoms with Gasteiger partial charge in [-0.05, 0) is 56.5 Å². The number of thiocarbonyl (C=S) groups is 1. The number of hydrogen-bond acceptors (Lipinski definition) is 3. The third-order valence-corrected chi connectivity index (χ3v) is 5.23. The molecule has 2 bridgehead atoms. The van der Waals surface area contributed by atoms with Crippen molar-refractivity contribution in [1.82, 2.24) is 0 Å². The molecule has 4 rings (SSSR count). The van der Waals surface area contributed by atoms with E-state index in [-0.39, 0.29) is 6.17 Å². The smallest absolute Gasteiger partial charge is 0.222 e. The summed E-state index contributed by atoms with van der Waals surface area (Å²) in [6.45, 7) is 4.25. The maximum absolute atomic E-state index is 6.01. The van der Waals surface area contributed by atoms with E-state index in [1.807, 2.05) is 0 Å². The Hall–Kier alpha value is -1.33. The zero-order valence-corrected chi connectivity index (χ0v) is 13.1. The molecule has 2 fully saturated rings. The average Bonchev–Trinajstić information content (AvgIpc) is 3.15. The summed E-state index contributed by atoms with van der Waals surface area (Å²) in [4.78, 5) is 2.15. The zero-order valence-electron chi connectivity index (χ0n) is 12.3. The van der Waals surface area contributed by atoms with E-state index >= 15 is 0 Å². The lowest BCUT2D eigenvalue weighted by molar-refractivity contribution is 0.0891. The third kappa shape index (κ3) is 2.02. The highest BCUT2D eigenvalue weighted by Crippen LogP contribution is 2.44. The number of para-hydroxylation sites is 1. The van der Waals surface area contributed by atoms with Crippen LogP contribution in [0.5, 0.6) is 0 Å². The number of benzene rings is 1. The van der Waals surface area contributed by atoms with Gasteiger partial charge in [-0.2, -0.15) is 5.11 Å². The number of hydrogen-bond donors (Lipinski definition) is 0. The van der Waals surface area contributed by atoms with Gasteiger partial charge in [-0.1, -0.05) is 18.2 Å².